The van der Waals surface area contributed by atoms with Gasteiger partial charge in [-0.05, 0) is 6.42 Å². The van der Waals surface area contributed by atoms with Crippen molar-refractivity contribution in [2.24, 2.45) is 7.05 Å². The molecule has 0 fully saturated rings. The minimum absolute atomic E-state index is 0.128. The molecule has 15 heavy (non-hydrogen) atoms. The molecular weight excluding hydrogens is 212 g/mol. The highest BCUT2D eigenvalue weighted by Gasteiger charge is 2.11. The molecule has 0 aliphatic rings. The number of hydrogen-bond donors (Lipinski definition) is 0. The van der Waals surface area contributed by atoms with Gasteiger partial charge in [-0.3, -0.25) is 4.68 Å². The fraction of sp³-hybridized carbons (Fsp3) is 0.500. The maximum atomic E-state index is 6.12. The van der Waals surface area contributed by atoms with E-state index in [-0.39, 0.29) is 5.38 Å². The van der Waals surface area contributed by atoms with Crippen molar-refractivity contribution in [2.75, 3.05) is 0 Å². The van der Waals surface area contributed by atoms with Crippen molar-refractivity contribution in [3.63, 3.8) is 0 Å². The molecule has 0 radical (unpaired) electrons. The molecule has 2 aromatic rings. The Hall–Kier alpha value is -1.16. The normalized spacial score (nSPS) is 13.3. The van der Waals surface area contributed by atoms with Gasteiger partial charge in [0.15, 0.2) is 5.65 Å². The summed E-state index contributed by atoms with van der Waals surface area (Å²) in [6, 6.07) is 0. The molecule has 0 aliphatic heterocycles. The number of alkyl halides is 1. The van der Waals surface area contributed by atoms with Gasteiger partial charge in [0.1, 0.15) is 6.33 Å². The van der Waals surface area contributed by atoms with Crippen LogP contribution in [0.4, 0.5) is 0 Å². The average Bonchev–Trinajstić information content (AvgIpc) is 2.62. The van der Waals surface area contributed by atoms with Crippen molar-refractivity contribution in [2.45, 2.75) is 25.1 Å². The molecule has 5 heteroatoms. The zero-order valence-electron chi connectivity index (χ0n) is 8.81. The number of aryl methyl sites for hydroxylation is 1. The van der Waals surface area contributed by atoms with Crippen LogP contribution in [0, 0.1) is 0 Å². The van der Waals surface area contributed by atoms with E-state index in [9.17, 15) is 0 Å². The highest BCUT2D eigenvalue weighted by molar-refractivity contribution is 6.20. The minimum atomic E-state index is 0.128. The highest BCUT2D eigenvalue weighted by atomic mass is 35.5. The molecule has 0 bridgehead atoms. The second-order valence-electron chi connectivity index (χ2n) is 3.54. The largest absolute Gasteiger partial charge is 0.250 e. The van der Waals surface area contributed by atoms with Gasteiger partial charge in [-0.2, -0.15) is 5.10 Å². The van der Waals surface area contributed by atoms with Gasteiger partial charge in [0.2, 0.25) is 0 Å². The molecule has 4 nitrogen and oxygen atoms in total. The molecule has 0 aromatic carbocycles. The topological polar surface area (TPSA) is 43.6 Å². The van der Waals surface area contributed by atoms with E-state index in [1.54, 1.807) is 17.2 Å². The van der Waals surface area contributed by atoms with Crippen LogP contribution in [0.25, 0.3) is 11.0 Å². The summed E-state index contributed by atoms with van der Waals surface area (Å²) in [6.07, 6.45) is 5.07. The molecule has 0 N–H and O–H groups in total. The van der Waals surface area contributed by atoms with Crippen LogP contribution in [-0.4, -0.2) is 25.1 Å². The maximum Gasteiger partial charge on any atom is 0.161 e. The number of rotatable bonds is 3. The Balaban J connectivity index is 2.43. The zero-order chi connectivity index (χ0) is 10.8. The van der Waals surface area contributed by atoms with Gasteiger partial charge < -0.3 is 0 Å². The highest BCUT2D eigenvalue weighted by Crippen LogP contribution is 2.17. The van der Waals surface area contributed by atoms with Crippen LogP contribution >= 0.6 is 11.6 Å². The lowest BCUT2D eigenvalue weighted by Gasteiger charge is -2.05. The Labute approximate surface area is 93.3 Å². The smallest absolute Gasteiger partial charge is 0.161 e. The standard InChI is InChI=1S/C10H13ClN4/c1-3-7(11)4-9-8-5-14-15(2)10(8)13-6-12-9/h5-7H,3-4H2,1-2H3. The Morgan fingerprint density at radius 1 is 1.47 bits per heavy atom. The predicted octanol–water partition coefficient (Wildman–Crippen LogP) is 1.92. The van der Waals surface area contributed by atoms with Gasteiger partial charge >= 0.3 is 0 Å². The average molecular weight is 225 g/mol. The van der Waals surface area contributed by atoms with Crippen LogP contribution in [0.2, 0.25) is 0 Å². The third-order valence-electron chi connectivity index (χ3n) is 2.47. The first-order valence-corrected chi connectivity index (χ1v) is 5.41. The van der Waals surface area contributed by atoms with E-state index in [1.807, 2.05) is 7.05 Å². The van der Waals surface area contributed by atoms with E-state index >= 15 is 0 Å². The number of nitrogens with zero attached hydrogens (tertiary/aromatic N) is 4. The number of hydrogen-bond acceptors (Lipinski definition) is 3. The third kappa shape index (κ3) is 1.95. The molecule has 1 atom stereocenters. The van der Waals surface area contributed by atoms with Crippen LogP contribution in [0.1, 0.15) is 19.0 Å². The number of halogens is 1. The Bertz CT molecular complexity index is 465. The van der Waals surface area contributed by atoms with Gasteiger partial charge in [0.25, 0.3) is 0 Å². The number of aromatic nitrogens is 4. The van der Waals surface area contributed by atoms with Crippen molar-refractivity contribution in [3.8, 4) is 0 Å². The molecular formula is C10H13ClN4. The summed E-state index contributed by atoms with van der Waals surface area (Å²) in [6.45, 7) is 2.07. The second kappa shape index (κ2) is 4.14. The number of fused-ring (bicyclic) bond motifs is 1. The van der Waals surface area contributed by atoms with Crippen LogP contribution in [0.5, 0.6) is 0 Å². The van der Waals surface area contributed by atoms with Crippen LogP contribution in [0.15, 0.2) is 12.5 Å². The van der Waals surface area contributed by atoms with E-state index in [1.165, 1.54) is 0 Å². The van der Waals surface area contributed by atoms with Crippen LogP contribution in [-0.2, 0) is 13.5 Å². The van der Waals surface area contributed by atoms with Gasteiger partial charge in [-0.25, -0.2) is 9.97 Å². The molecule has 1 unspecified atom stereocenters. The summed E-state index contributed by atoms with van der Waals surface area (Å²) in [7, 11) is 1.87. The molecule has 0 amide bonds. The molecule has 0 aliphatic carbocycles. The van der Waals surface area contributed by atoms with Crippen LogP contribution < -0.4 is 0 Å². The Morgan fingerprint density at radius 3 is 3.00 bits per heavy atom. The summed E-state index contributed by atoms with van der Waals surface area (Å²) in [5.74, 6) is 0. The Morgan fingerprint density at radius 2 is 2.27 bits per heavy atom. The Kier molecular flexibility index (Phi) is 2.86. The van der Waals surface area contributed by atoms with Crippen molar-refractivity contribution >= 4 is 22.6 Å². The SMILES string of the molecule is CCC(Cl)Cc1ncnc2c1cnn2C. The molecule has 0 spiro atoms. The minimum Gasteiger partial charge on any atom is -0.250 e. The third-order valence-corrected chi connectivity index (χ3v) is 2.93. The van der Waals surface area contributed by atoms with E-state index in [2.05, 4.69) is 22.0 Å². The van der Waals surface area contributed by atoms with Gasteiger partial charge in [-0.15, -0.1) is 11.6 Å². The molecule has 2 heterocycles. The molecule has 80 valence electrons. The summed E-state index contributed by atoms with van der Waals surface area (Å²) in [5.41, 5.74) is 1.84. The first-order valence-electron chi connectivity index (χ1n) is 4.98. The summed E-state index contributed by atoms with van der Waals surface area (Å²) in [4.78, 5) is 8.44. The van der Waals surface area contributed by atoms with E-state index < -0.39 is 0 Å². The first kappa shape index (κ1) is 10.4. The van der Waals surface area contributed by atoms with E-state index in [4.69, 9.17) is 11.6 Å². The molecule has 0 saturated heterocycles. The zero-order valence-corrected chi connectivity index (χ0v) is 9.57. The van der Waals surface area contributed by atoms with Crippen molar-refractivity contribution in [1.29, 1.82) is 0 Å². The van der Waals surface area contributed by atoms with Gasteiger partial charge in [-0.1, -0.05) is 6.92 Å². The molecule has 2 rings (SSSR count). The van der Waals surface area contributed by atoms with Gasteiger partial charge in [0, 0.05) is 18.8 Å². The predicted molar refractivity (Wildman–Crippen MR) is 59.9 cm³/mol. The first-order chi connectivity index (χ1) is 7.22. The lowest BCUT2D eigenvalue weighted by atomic mass is 10.1. The maximum absolute atomic E-state index is 6.12. The van der Waals surface area contributed by atoms with Gasteiger partial charge in [0.05, 0.1) is 17.3 Å². The monoisotopic (exact) mass is 224 g/mol. The second-order valence-corrected chi connectivity index (χ2v) is 4.15. The lowest BCUT2D eigenvalue weighted by molar-refractivity contribution is 0.778. The molecule has 0 saturated carbocycles. The quantitative estimate of drug-likeness (QED) is 0.749. The van der Waals surface area contributed by atoms with E-state index in [0.29, 0.717) is 0 Å². The molecule has 2 aromatic heterocycles. The fourth-order valence-electron chi connectivity index (χ4n) is 1.53. The van der Waals surface area contributed by atoms with E-state index in [0.717, 1.165) is 29.6 Å². The summed E-state index contributed by atoms with van der Waals surface area (Å²) >= 11 is 6.12. The van der Waals surface area contributed by atoms with Crippen molar-refractivity contribution in [1.82, 2.24) is 19.7 Å². The fourth-order valence-corrected chi connectivity index (χ4v) is 1.67. The van der Waals surface area contributed by atoms with Crippen molar-refractivity contribution < 1.29 is 0 Å². The summed E-state index contributed by atoms with van der Waals surface area (Å²) in [5, 5.41) is 5.29. The van der Waals surface area contributed by atoms with Crippen LogP contribution in [0.3, 0.4) is 0 Å². The van der Waals surface area contributed by atoms with Crippen molar-refractivity contribution in [3.05, 3.63) is 18.2 Å². The lowest BCUT2D eigenvalue weighted by Crippen LogP contribution is -2.04. The summed E-state index contributed by atoms with van der Waals surface area (Å²) < 4.78 is 1.75.